The summed E-state index contributed by atoms with van der Waals surface area (Å²) in [6.07, 6.45) is 0. The molecule has 0 radical (unpaired) electrons. The molecule has 1 N–H and O–H groups in total. The summed E-state index contributed by atoms with van der Waals surface area (Å²) in [6.45, 7) is 6.72. The van der Waals surface area contributed by atoms with Crippen LogP contribution >= 0.6 is 0 Å². The van der Waals surface area contributed by atoms with Crippen LogP contribution in [0.2, 0.25) is 0 Å². The highest BCUT2D eigenvalue weighted by molar-refractivity contribution is 7.89. The molecule has 6 nitrogen and oxygen atoms in total. The van der Waals surface area contributed by atoms with Gasteiger partial charge in [0.25, 0.3) is 0 Å². The molecule has 1 heterocycles. The summed E-state index contributed by atoms with van der Waals surface area (Å²) in [4.78, 5) is 1.73. The summed E-state index contributed by atoms with van der Waals surface area (Å²) >= 11 is 0. The fraction of sp³-hybridized carbons (Fsp3) is 0.400. The molecule has 146 valence electrons. The van der Waals surface area contributed by atoms with E-state index in [9.17, 15) is 8.42 Å². The Balaban J connectivity index is 1.43. The van der Waals surface area contributed by atoms with Gasteiger partial charge < -0.3 is 14.4 Å². The maximum absolute atomic E-state index is 12.6. The number of quaternary nitrogens is 1. The van der Waals surface area contributed by atoms with E-state index in [4.69, 9.17) is 9.47 Å². The molecule has 0 saturated carbocycles. The molecule has 0 spiro atoms. The largest absolute Gasteiger partial charge is 0.494 e. The molecule has 2 aromatic rings. The van der Waals surface area contributed by atoms with E-state index in [0.717, 1.165) is 31.1 Å². The van der Waals surface area contributed by atoms with E-state index in [1.165, 1.54) is 4.90 Å². The van der Waals surface area contributed by atoms with Crippen molar-refractivity contribution in [3.05, 3.63) is 54.6 Å². The minimum Gasteiger partial charge on any atom is -0.494 e. The fourth-order valence-electron chi connectivity index (χ4n) is 3.15. The van der Waals surface area contributed by atoms with Crippen molar-refractivity contribution in [3.63, 3.8) is 0 Å². The van der Waals surface area contributed by atoms with Gasteiger partial charge in [0.15, 0.2) is 0 Å². The third-order valence-corrected chi connectivity index (χ3v) is 6.58. The Morgan fingerprint density at radius 2 is 1.52 bits per heavy atom. The van der Waals surface area contributed by atoms with Crippen LogP contribution in [-0.2, 0) is 10.0 Å². The van der Waals surface area contributed by atoms with Gasteiger partial charge >= 0.3 is 0 Å². The number of sulfonamides is 1. The molecule has 27 heavy (non-hydrogen) atoms. The van der Waals surface area contributed by atoms with E-state index in [-0.39, 0.29) is 0 Å². The van der Waals surface area contributed by atoms with Crippen LogP contribution in [0.15, 0.2) is 59.5 Å². The number of hydrogen-bond acceptors (Lipinski definition) is 4. The average molecular weight is 392 g/mol. The molecule has 0 atom stereocenters. The number of nitrogens with one attached hydrogen (secondary N) is 1. The standard InChI is InChI=1S/C20H26N2O4S/c1-2-25-18-8-10-19(11-9-18)26-17-16-21-12-14-22(15-13-21)27(23,24)20-6-4-3-5-7-20/h3-11H,2,12-17H2,1H3/p+1. The molecule has 0 unspecified atom stereocenters. The molecule has 0 bridgehead atoms. The predicted octanol–water partition coefficient (Wildman–Crippen LogP) is 1.05. The minimum absolute atomic E-state index is 0.368. The highest BCUT2D eigenvalue weighted by Gasteiger charge is 2.30. The SMILES string of the molecule is CCOc1ccc(OCC[NH+]2CCN(S(=O)(=O)c3ccccc3)CC2)cc1. The van der Waals surface area contributed by atoms with Gasteiger partial charge in [0, 0.05) is 0 Å². The van der Waals surface area contributed by atoms with E-state index in [1.807, 2.05) is 37.3 Å². The molecule has 2 aromatic carbocycles. The monoisotopic (exact) mass is 391 g/mol. The second-order valence-corrected chi connectivity index (χ2v) is 8.41. The van der Waals surface area contributed by atoms with Gasteiger partial charge in [0.2, 0.25) is 10.0 Å². The Kier molecular flexibility index (Phi) is 6.71. The van der Waals surface area contributed by atoms with Gasteiger partial charge in [0.05, 0.1) is 37.7 Å². The lowest BCUT2D eigenvalue weighted by Gasteiger charge is -2.31. The first-order chi connectivity index (χ1) is 13.1. The van der Waals surface area contributed by atoms with E-state index in [2.05, 4.69) is 0 Å². The molecular formula is C20H27N2O4S+. The van der Waals surface area contributed by atoms with Crippen molar-refractivity contribution < 1.29 is 22.8 Å². The first kappa shape index (κ1) is 19.7. The zero-order valence-corrected chi connectivity index (χ0v) is 16.5. The van der Waals surface area contributed by atoms with Gasteiger partial charge in [-0.1, -0.05) is 18.2 Å². The summed E-state index contributed by atoms with van der Waals surface area (Å²) in [7, 11) is -3.38. The number of benzene rings is 2. The van der Waals surface area contributed by atoms with E-state index < -0.39 is 10.0 Å². The van der Waals surface area contributed by atoms with Crippen LogP contribution in [0.25, 0.3) is 0 Å². The van der Waals surface area contributed by atoms with Crippen molar-refractivity contribution in [1.29, 1.82) is 0 Å². The maximum atomic E-state index is 12.6. The second-order valence-electron chi connectivity index (χ2n) is 6.47. The quantitative estimate of drug-likeness (QED) is 0.731. The summed E-state index contributed by atoms with van der Waals surface area (Å²) in [6, 6.07) is 16.3. The van der Waals surface area contributed by atoms with Crippen LogP contribution in [0.5, 0.6) is 11.5 Å². The van der Waals surface area contributed by atoms with Gasteiger partial charge in [-0.25, -0.2) is 8.42 Å². The number of rotatable bonds is 8. The molecule has 1 aliphatic heterocycles. The number of ether oxygens (including phenoxy) is 2. The first-order valence-corrected chi connectivity index (χ1v) is 10.8. The Morgan fingerprint density at radius 3 is 2.11 bits per heavy atom. The maximum Gasteiger partial charge on any atom is 0.243 e. The van der Waals surface area contributed by atoms with Crippen LogP contribution in [0.4, 0.5) is 0 Å². The highest BCUT2D eigenvalue weighted by Crippen LogP contribution is 2.17. The van der Waals surface area contributed by atoms with Gasteiger partial charge in [0.1, 0.15) is 24.7 Å². The zero-order chi connectivity index (χ0) is 19.1. The van der Waals surface area contributed by atoms with Gasteiger partial charge in [-0.15, -0.1) is 0 Å². The average Bonchev–Trinajstić information content (AvgIpc) is 2.71. The lowest BCUT2D eigenvalue weighted by Crippen LogP contribution is -3.15. The first-order valence-electron chi connectivity index (χ1n) is 9.34. The van der Waals surface area contributed by atoms with Crippen molar-refractivity contribution in [3.8, 4) is 11.5 Å². The fourth-order valence-corrected chi connectivity index (χ4v) is 4.61. The van der Waals surface area contributed by atoms with Gasteiger partial charge in [-0.05, 0) is 43.3 Å². The van der Waals surface area contributed by atoms with E-state index in [0.29, 0.717) is 31.2 Å². The summed E-state index contributed by atoms with van der Waals surface area (Å²) in [5.41, 5.74) is 0. The third kappa shape index (κ3) is 5.22. The number of hydrogen-bond donors (Lipinski definition) is 1. The predicted molar refractivity (Wildman–Crippen MR) is 104 cm³/mol. The minimum atomic E-state index is -3.38. The molecule has 0 aliphatic carbocycles. The smallest absolute Gasteiger partial charge is 0.243 e. The highest BCUT2D eigenvalue weighted by atomic mass is 32.2. The van der Waals surface area contributed by atoms with Crippen LogP contribution < -0.4 is 14.4 Å². The molecule has 3 rings (SSSR count). The van der Waals surface area contributed by atoms with E-state index >= 15 is 0 Å². The lowest BCUT2D eigenvalue weighted by molar-refractivity contribution is -0.903. The molecule has 0 amide bonds. The Bertz CT molecular complexity index is 802. The normalized spacial score (nSPS) is 16.2. The van der Waals surface area contributed by atoms with Crippen LogP contribution in [0.3, 0.4) is 0 Å². The van der Waals surface area contributed by atoms with Crippen LogP contribution in [0.1, 0.15) is 6.92 Å². The van der Waals surface area contributed by atoms with Crippen molar-refractivity contribution in [2.24, 2.45) is 0 Å². The Hall–Kier alpha value is -2.09. The lowest BCUT2D eigenvalue weighted by atomic mass is 10.3. The van der Waals surface area contributed by atoms with E-state index in [1.54, 1.807) is 28.6 Å². The number of nitrogens with zero attached hydrogens (tertiary/aromatic N) is 1. The van der Waals surface area contributed by atoms with Crippen LogP contribution in [0, 0.1) is 0 Å². The topological polar surface area (TPSA) is 60.3 Å². The van der Waals surface area contributed by atoms with Gasteiger partial charge in [-0.3, -0.25) is 0 Å². The number of piperazine rings is 1. The zero-order valence-electron chi connectivity index (χ0n) is 15.6. The molecule has 0 aromatic heterocycles. The Labute approximate surface area is 161 Å². The summed E-state index contributed by atoms with van der Waals surface area (Å²) in [5, 5.41) is 0. The summed E-state index contributed by atoms with van der Waals surface area (Å²) in [5.74, 6) is 1.66. The van der Waals surface area contributed by atoms with Crippen molar-refractivity contribution >= 4 is 10.0 Å². The molecule has 1 aliphatic rings. The van der Waals surface area contributed by atoms with Gasteiger partial charge in [-0.2, -0.15) is 4.31 Å². The third-order valence-electron chi connectivity index (χ3n) is 4.67. The van der Waals surface area contributed by atoms with Crippen molar-refractivity contribution in [1.82, 2.24) is 4.31 Å². The molecule has 1 fully saturated rings. The van der Waals surface area contributed by atoms with Crippen molar-refractivity contribution in [2.45, 2.75) is 11.8 Å². The molecule has 7 heteroatoms. The summed E-state index contributed by atoms with van der Waals surface area (Å²) < 4.78 is 38.1. The molecule has 1 saturated heterocycles. The van der Waals surface area contributed by atoms with Crippen LogP contribution in [-0.4, -0.2) is 58.7 Å². The second kappa shape index (κ2) is 9.21. The Morgan fingerprint density at radius 1 is 0.926 bits per heavy atom. The molecular weight excluding hydrogens is 364 g/mol. The van der Waals surface area contributed by atoms with Crippen molar-refractivity contribution in [2.75, 3.05) is 45.9 Å².